The largest absolute Gasteiger partial charge is 0.435 e. The minimum Gasteiger partial charge on any atom is -0.435 e. The highest BCUT2D eigenvalue weighted by Gasteiger charge is 2.15. The predicted molar refractivity (Wildman–Crippen MR) is 60.5 cm³/mol. The second kappa shape index (κ2) is 5.39. The van der Waals surface area contributed by atoms with E-state index in [1.165, 1.54) is 6.07 Å². The number of carbonyl (C=O) groups is 1. The molecule has 0 amide bonds. The van der Waals surface area contributed by atoms with Gasteiger partial charge < -0.3 is 4.74 Å². The molecule has 5 heteroatoms. The maximum absolute atomic E-state index is 12.1. The number of hydrogen-bond donors (Lipinski definition) is 0. The molecule has 0 N–H and O–H groups in total. The summed E-state index contributed by atoms with van der Waals surface area (Å²) in [6.07, 6.45) is 0. The van der Waals surface area contributed by atoms with Crippen LogP contribution in [0.15, 0.2) is 18.2 Å². The Kier molecular flexibility index (Phi) is 4.41. The summed E-state index contributed by atoms with van der Waals surface area (Å²) in [7, 11) is 0. The zero-order valence-electron chi connectivity index (χ0n) is 8.84. The number of ether oxygens (including phenoxy) is 1. The maximum Gasteiger partial charge on any atom is 0.387 e. The molecule has 0 aliphatic rings. The first-order chi connectivity index (χ1) is 7.41. The summed E-state index contributed by atoms with van der Waals surface area (Å²) in [5.41, 5.74) is 0.921. The van der Waals surface area contributed by atoms with Crippen LogP contribution in [0.4, 0.5) is 8.78 Å². The van der Waals surface area contributed by atoms with Gasteiger partial charge in [0, 0.05) is 5.56 Å². The van der Waals surface area contributed by atoms with Gasteiger partial charge in [-0.2, -0.15) is 8.78 Å². The predicted octanol–water partition coefficient (Wildman–Crippen LogP) is 3.56. The monoisotopic (exact) mass is 292 g/mol. The van der Waals surface area contributed by atoms with Crippen molar-refractivity contribution in [3.63, 3.8) is 0 Å². The van der Waals surface area contributed by atoms with Crippen LogP contribution in [0.25, 0.3) is 0 Å². The van der Waals surface area contributed by atoms with Gasteiger partial charge in [0.2, 0.25) is 0 Å². The molecule has 1 rings (SSSR count). The van der Waals surface area contributed by atoms with E-state index in [2.05, 4.69) is 20.7 Å². The zero-order valence-corrected chi connectivity index (χ0v) is 10.4. The van der Waals surface area contributed by atoms with E-state index in [1.807, 2.05) is 0 Å². The molecule has 2 nitrogen and oxygen atoms in total. The molecule has 1 aromatic rings. The molecule has 0 aromatic heterocycles. The summed E-state index contributed by atoms with van der Waals surface area (Å²) in [5.74, 6) is -0.131. The quantitative estimate of drug-likeness (QED) is 0.626. The molecular formula is C11H11BrF2O2. The van der Waals surface area contributed by atoms with Crippen molar-refractivity contribution in [1.82, 2.24) is 0 Å². The Morgan fingerprint density at radius 2 is 2.06 bits per heavy atom. The Morgan fingerprint density at radius 3 is 2.56 bits per heavy atom. The standard InChI is InChI=1S/C11H11BrF2O2/c1-6-3-4-8(10(15)7(2)12)5-9(6)16-11(13)14/h3-5,7,11H,1-2H3. The second-order valence-electron chi connectivity index (χ2n) is 3.34. The summed E-state index contributed by atoms with van der Waals surface area (Å²) in [6.45, 7) is 0.435. The van der Waals surface area contributed by atoms with Crippen LogP contribution >= 0.6 is 15.9 Å². The van der Waals surface area contributed by atoms with Crippen LogP contribution in [0.3, 0.4) is 0 Å². The highest BCUT2D eigenvalue weighted by atomic mass is 79.9. The summed E-state index contributed by atoms with van der Waals surface area (Å²) in [6, 6.07) is 4.51. The number of hydrogen-bond acceptors (Lipinski definition) is 2. The smallest absolute Gasteiger partial charge is 0.387 e. The Balaban J connectivity index is 3.02. The lowest BCUT2D eigenvalue weighted by Gasteiger charge is -2.10. The molecule has 0 heterocycles. The van der Waals surface area contributed by atoms with Crippen LogP contribution in [-0.4, -0.2) is 17.2 Å². The van der Waals surface area contributed by atoms with Crippen molar-refractivity contribution >= 4 is 21.7 Å². The van der Waals surface area contributed by atoms with E-state index < -0.39 is 6.61 Å². The Bertz CT molecular complexity index is 392. The van der Waals surface area contributed by atoms with Crippen LogP contribution in [0, 0.1) is 6.92 Å². The Labute approximate surface area is 101 Å². The summed E-state index contributed by atoms with van der Waals surface area (Å²) < 4.78 is 28.5. The van der Waals surface area contributed by atoms with Crippen molar-refractivity contribution in [3.05, 3.63) is 29.3 Å². The van der Waals surface area contributed by atoms with E-state index in [1.54, 1.807) is 26.0 Å². The molecule has 1 atom stereocenters. The fraction of sp³-hybridized carbons (Fsp3) is 0.364. The van der Waals surface area contributed by atoms with E-state index in [-0.39, 0.29) is 16.4 Å². The molecule has 0 fully saturated rings. The zero-order chi connectivity index (χ0) is 12.3. The molecule has 0 radical (unpaired) electrons. The molecular weight excluding hydrogens is 282 g/mol. The first-order valence-corrected chi connectivity index (χ1v) is 5.57. The number of halogens is 3. The fourth-order valence-electron chi connectivity index (χ4n) is 1.21. The van der Waals surface area contributed by atoms with E-state index in [0.717, 1.165) is 0 Å². The molecule has 16 heavy (non-hydrogen) atoms. The third-order valence-electron chi connectivity index (χ3n) is 2.05. The average molecular weight is 293 g/mol. The van der Waals surface area contributed by atoms with E-state index in [9.17, 15) is 13.6 Å². The minimum absolute atomic E-state index is 0.0361. The first-order valence-electron chi connectivity index (χ1n) is 4.65. The highest BCUT2D eigenvalue weighted by Crippen LogP contribution is 2.23. The van der Waals surface area contributed by atoms with Crippen LogP contribution < -0.4 is 4.74 Å². The fourth-order valence-corrected chi connectivity index (χ4v) is 1.47. The molecule has 0 aliphatic heterocycles. The summed E-state index contributed by atoms with van der Waals surface area (Å²) >= 11 is 3.13. The third kappa shape index (κ3) is 3.27. The molecule has 0 spiro atoms. The van der Waals surface area contributed by atoms with Crippen molar-refractivity contribution < 1.29 is 18.3 Å². The topological polar surface area (TPSA) is 26.3 Å². The molecule has 0 saturated carbocycles. The van der Waals surface area contributed by atoms with Crippen LogP contribution in [0.5, 0.6) is 5.75 Å². The van der Waals surface area contributed by atoms with Gasteiger partial charge in [-0.25, -0.2) is 0 Å². The van der Waals surface area contributed by atoms with E-state index >= 15 is 0 Å². The number of rotatable bonds is 4. The summed E-state index contributed by atoms with van der Waals surface area (Å²) in [4.78, 5) is 11.3. The molecule has 1 unspecified atom stereocenters. The summed E-state index contributed by atoms with van der Waals surface area (Å²) in [5, 5.41) is 0. The number of Topliss-reactive ketones (excluding diaryl/α,β-unsaturated/α-hetero) is 1. The second-order valence-corrected chi connectivity index (χ2v) is 4.71. The molecule has 0 aliphatic carbocycles. The Morgan fingerprint density at radius 1 is 1.44 bits per heavy atom. The third-order valence-corrected chi connectivity index (χ3v) is 2.47. The lowest BCUT2D eigenvalue weighted by Crippen LogP contribution is -2.11. The van der Waals surface area contributed by atoms with Gasteiger partial charge in [0.15, 0.2) is 5.78 Å². The lowest BCUT2D eigenvalue weighted by molar-refractivity contribution is -0.0503. The maximum atomic E-state index is 12.1. The minimum atomic E-state index is -2.88. The van der Waals surface area contributed by atoms with Gasteiger partial charge in [0.05, 0.1) is 4.83 Å². The normalized spacial score (nSPS) is 12.6. The van der Waals surface area contributed by atoms with Gasteiger partial charge in [-0.15, -0.1) is 0 Å². The van der Waals surface area contributed by atoms with Crippen LogP contribution in [0.1, 0.15) is 22.8 Å². The first kappa shape index (κ1) is 13.1. The van der Waals surface area contributed by atoms with Gasteiger partial charge in [0.1, 0.15) is 5.75 Å². The number of carbonyl (C=O) groups excluding carboxylic acids is 1. The van der Waals surface area contributed by atoms with E-state index in [4.69, 9.17) is 0 Å². The van der Waals surface area contributed by atoms with Crippen molar-refractivity contribution in [2.75, 3.05) is 0 Å². The number of ketones is 1. The van der Waals surface area contributed by atoms with Crippen molar-refractivity contribution in [1.29, 1.82) is 0 Å². The van der Waals surface area contributed by atoms with Crippen LogP contribution in [0.2, 0.25) is 0 Å². The molecule has 88 valence electrons. The van der Waals surface area contributed by atoms with Gasteiger partial charge in [-0.1, -0.05) is 28.1 Å². The number of benzene rings is 1. The van der Waals surface area contributed by atoms with Crippen LogP contribution in [-0.2, 0) is 0 Å². The van der Waals surface area contributed by atoms with Gasteiger partial charge in [-0.05, 0) is 25.5 Å². The molecule has 1 aromatic carbocycles. The lowest BCUT2D eigenvalue weighted by atomic mass is 10.1. The van der Waals surface area contributed by atoms with Gasteiger partial charge in [0.25, 0.3) is 0 Å². The molecule has 0 saturated heterocycles. The van der Waals surface area contributed by atoms with Crippen molar-refractivity contribution in [2.45, 2.75) is 25.3 Å². The Hall–Kier alpha value is -0.970. The number of aryl methyl sites for hydroxylation is 1. The van der Waals surface area contributed by atoms with Gasteiger partial charge in [-0.3, -0.25) is 4.79 Å². The highest BCUT2D eigenvalue weighted by molar-refractivity contribution is 9.10. The molecule has 0 bridgehead atoms. The van der Waals surface area contributed by atoms with Crippen molar-refractivity contribution in [3.8, 4) is 5.75 Å². The van der Waals surface area contributed by atoms with E-state index in [0.29, 0.717) is 11.1 Å². The SMILES string of the molecule is Cc1ccc(C(=O)C(C)Br)cc1OC(F)F. The average Bonchev–Trinajstić information content (AvgIpc) is 2.19. The van der Waals surface area contributed by atoms with Gasteiger partial charge >= 0.3 is 6.61 Å². The van der Waals surface area contributed by atoms with Crippen molar-refractivity contribution in [2.24, 2.45) is 0 Å². The number of alkyl halides is 3.